The van der Waals surface area contributed by atoms with Gasteiger partial charge in [0.15, 0.2) is 0 Å². The van der Waals surface area contributed by atoms with E-state index in [9.17, 15) is 19.8 Å². The summed E-state index contributed by atoms with van der Waals surface area (Å²) in [6.07, 6.45) is 0.494. The van der Waals surface area contributed by atoms with Gasteiger partial charge in [0.25, 0.3) is 0 Å². The zero-order chi connectivity index (χ0) is 14.7. The molecule has 0 aliphatic carbocycles. The van der Waals surface area contributed by atoms with Gasteiger partial charge in [-0.1, -0.05) is 13.8 Å². The first kappa shape index (κ1) is 17.9. The second-order valence-corrected chi connectivity index (χ2v) is 4.32. The normalized spacial score (nSPS) is 13.7. The number of esters is 2. The Morgan fingerprint density at radius 3 is 1.58 bits per heavy atom. The lowest BCUT2D eigenvalue weighted by Gasteiger charge is -2.09. The van der Waals surface area contributed by atoms with Crippen molar-refractivity contribution >= 4 is 11.9 Å². The molecule has 0 aromatic rings. The summed E-state index contributed by atoms with van der Waals surface area (Å²) in [6, 6.07) is 0. The Morgan fingerprint density at radius 1 is 0.895 bits per heavy atom. The molecule has 19 heavy (non-hydrogen) atoms. The molecule has 0 spiro atoms. The Balaban J connectivity index is 3.61. The molecule has 6 heteroatoms. The molecule has 0 bridgehead atoms. The van der Waals surface area contributed by atoms with Gasteiger partial charge < -0.3 is 19.7 Å². The fourth-order valence-electron chi connectivity index (χ4n) is 1.25. The molecule has 0 saturated carbocycles. The minimum absolute atomic E-state index is 0.0929. The summed E-state index contributed by atoms with van der Waals surface area (Å²) in [7, 11) is 0. The molecule has 0 rings (SSSR count). The van der Waals surface area contributed by atoms with Crippen molar-refractivity contribution in [3.8, 4) is 0 Å². The minimum Gasteiger partial charge on any atom is -0.465 e. The second kappa shape index (κ2) is 10.8. The fraction of sp³-hybridized carbons (Fsp3) is 0.846. The van der Waals surface area contributed by atoms with Crippen molar-refractivity contribution in [3.05, 3.63) is 0 Å². The predicted molar refractivity (Wildman–Crippen MR) is 68.4 cm³/mol. The van der Waals surface area contributed by atoms with Crippen LogP contribution in [0.5, 0.6) is 0 Å². The number of ether oxygens (including phenoxy) is 2. The standard InChI is InChI=1S/C13H24O6/c1-3-10(14)5-7-18-12(16)9-13(17)19-8-6-11(15)4-2/h10-11,14-15H,3-9H2,1-2H3. The molecule has 6 nitrogen and oxygen atoms in total. The summed E-state index contributed by atoms with van der Waals surface area (Å²) in [6.45, 7) is 3.84. The lowest BCUT2D eigenvalue weighted by atomic mass is 10.2. The molecule has 2 atom stereocenters. The average Bonchev–Trinajstić information content (AvgIpc) is 2.37. The maximum atomic E-state index is 11.2. The van der Waals surface area contributed by atoms with E-state index in [1.807, 2.05) is 13.8 Å². The smallest absolute Gasteiger partial charge is 0.317 e. The molecule has 0 saturated heterocycles. The van der Waals surface area contributed by atoms with E-state index in [1.54, 1.807) is 0 Å². The van der Waals surface area contributed by atoms with Crippen LogP contribution >= 0.6 is 0 Å². The highest BCUT2D eigenvalue weighted by molar-refractivity contribution is 5.91. The first-order chi connectivity index (χ1) is 8.99. The number of hydrogen-bond acceptors (Lipinski definition) is 6. The van der Waals surface area contributed by atoms with Gasteiger partial charge >= 0.3 is 11.9 Å². The Kier molecular flexibility index (Phi) is 10.1. The maximum absolute atomic E-state index is 11.2. The molecule has 0 aromatic heterocycles. The largest absolute Gasteiger partial charge is 0.465 e. The topological polar surface area (TPSA) is 93.1 Å². The molecule has 112 valence electrons. The third kappa shape index (κ3) is 10.5. The zero-order valence-corrected chi connectivity index (χ0v) is 11.6. The second-order valence-electron chi connectivity index (χ2n) is 4.32. The van der Waals surface area contributed by atoms with Gasteiger partial charge in [-0.25, -0.2) is 0 Å². The van der Waals surface area contributed by atoms with Crippen molar-refractivity contribution in [1.82, 2.24) is 0 Å². The van der Waals surface area contributed by atoms with Gasteiger partial charge in [0, 0.05) is 12.8 Å². The Labute approximate surface area is 113 Å². The molecule has 2 unspecified atom stereocenters. The molecule has 0 radical (unpaired) electrons. The van der Waals surface area contributed by atoms with Crippen LogP contribution in [0.15, 0.2) is 0 Å². The molecule has 0 fully saturated rings. The SMILES string of the molecule is CCC(O)CCOC(=O)CC(=O)OCCC(O)CC. The van der Waals surface area contributed by atoms with E-state index < -0.39 is 30.6 Å². The van der Waals surface area contributed by atoms with Crippen LogP contribution < -0.4 is 0 Å². The molecule has 0 aromatic carbocycles. The first-order valence-electron chi connectivity index (χ1n) is 6.66. The summed E-state index contributed by atoms with van der Waals surface area (Å²) in [5.74, 6) is -1.33. The monoisotopic (exact) mass is 276 g/mol. The number of carbonyl (C=O) groups excluding carboxylic acids is 2. The van der Waals surface area contributed by atoms with Crippen LogP contribution in [0.2, 0.25) is 0 Å². The van der Waals surface area contributed by atoms with Gasteiger partial charge in [0.05, 0.1) is 25.4 Å². The van der Waals surface area contributed by atoms with Gasteiger partial charge in [-0.2, -0.15) is 0 Å². The van der Waals surface area contributed by atoms with Gasteiger partial charge in [0.2, 0.25) is 0 Å². The molecule has 0 aliphatic rings. The molecule has 0 aliphatic heterocycles. The van der Waals surface area contributed by atoms with Crippen LogP contribution in [0.1, 0.15) is 46.0 Å². The van der Waals surface area contributed by atoms with E-state index in [2.05, 4.69) is 0 Å². The maximum Gasteiger partial charge on any atom is 0.317 e. The quantitative estimate of drug-likeness (QED) is 0.452. The molecule has 0 heterocycles. The lowest BCUT2D eigenvalue weighted by molar-refractivity contribution is -0.155. The lowest BCUT2D eigenvalue weighted by Crippen LogP contribution is -2.18. The summed E-state index contributed by atoms with van der Waals surface area (Å²) in [5.41, 5.74) is 0. The highest BCUT2D eigenvalue weighted by Gasteiger charge is 2.13. The van der Waals surface area contributed by atoms with Crippen molar-refractivity contribution in [2.45, 2.75) is 58.2 Å². The third-order valence-electron chi connectivity index (χ3n) is 2.66. The van der Waals surface area contributed by atoms with Crippen LogP contribution in [0.25, 0.3) is 0 Å². The van der Waals surface area contributed by atoms with E-state index in [4.69, 9.17) is 9.47 Å². The summed E-state index contributed by atoms with van der Waals surface area (Å²) in [4.78, 5) is 22.4. The highest BCUT2D eigenvalue weighted by Crippen LogP contribution is 2.00. The van der Waals surface area contributed by atoms with Crippen molar-refractivity contribution in [1.29, 1.82) is 0 Å². The Hall–Kier alpha value is -1.14. The molecule has 2 N–H and O–H groups in total. The van der Waals surface area contributed by atoms with Crippen LogP contribution in [-0.2, 0) is 19.1 Å². The Morgan fingerprint density at radius 2 is 1.26 bits per heavy atom. The minimum atomic E-state index is -0.663. The fourth-order valence-corrected chi connectivity index (χ4v) is 1.25. The van der Waals surface area contributed by atoms with Gasteiger partial charge in [0.1, 0.15) is 6.42 Å². The molecular weight excluding hydrogens is 252 g/mol. The van der Waals surface area contributed by atoms with Gasteiger partial charge in [-0.3, -0.25) is 9.59 Å². The van der Waals surface area contributed by atoms with Crippen LogP contribution in [0, 0.1) is 0 Å². The van der Waals surface area contributed by atoms with Crippen LogP contribution in [0.3, 0.4) is 0 Å². The van der Waals surface area contributed by atoms with E-state index in [-0.39, 0.29) is 13.2 Å². The zero-order valence-electron chi connectivity index (χ0n) is 11.6. The summed E-state index contributed by atoms with van der Waals surface area (Å²) >= 11 is 0. The predicted octanol–water partition coefficient (Wildman–Crippen LogP) is 0.785. The van der Waals surface area contributed by atoms with E-state index >= 15 is 0 Å². The number of aliphatic hydroxyl groups is 2. The van der Waals surface area contributed by atoms with Crippen LogP contribution in [-0.4, -0.2) is 47.6 Å². The van der Waals surface area contributed by atoms with Gasteiger partial charge in [-0.05, 0) is 12.8 Å². The molecule has 0 amide bonds. The van der Waals surface area contributed by atoms with Crippen molar-refractivity contribution in [2.75, 3.05) is 13.2 Å². The van der Waals surface area contributed by atoms with E-state index in [0.717, 1.165) is 0 Å². The number of hydrogen-bond donors (Lipinski definition) is 2. The number of aliphatic hydroxyl groups excluding tert-OH is 2. The average molecular weight is 276 g/mol. The van der Waals surface area contributed by atoms with Gasteiger partial charge in [-0.15, -0.1) is 0 Å². The van der Waals surface area contributed by atoms with Crippen molar-refractivity contribution < 1.29 is 29.3 Å². The number of rotatable bonds is 10. The van der Waals surface area contributed by atoms with E-state index in [1.165, 1.54) is 0 Å². The third-order valence-corrected chi connectivity index (χ3v) is 2.66. The molecular formula is C13H24O6. The highest BCUT2D eigenvalue weighted by atomic mass is 16.6. The van der Waals surface area contributed by atoms with Crippen molar-refractivity contribution in [2.24, 2.45) is 0 Å². The van der Waals surface area contributed by atoms with E-state index in [0.29, 0.717) is 25.7 Å². The first-order valence-corrected chi connectivity index (χ1v) is 6.66. The number of carbonyl (C=O) groups is 2. The Bertz CT molecular complexity index is 240. The van der Waals surface area contributed by atoms with Crippen LogP contribution in [0.4, 0.5) is 0 Å². The summed E-state index contributed by atoms with van der Waals surface area (Å²) in [5, 5.41) is 18.5. The summed E-state index contributed by atoms with van der Waals surface area (Å²) < 4.78 is 9.57. The van der Waals surface area contributed by atoms with Crippen molar-refractivity contribution in [3.63, 3.8) is 0 Å².